The Hall–Kier alpha value is -1.10. The number of ether oxygens (including phenoxy) is 1. The maximum Gasteiger partial charge on any atom is 0.246 e. The molecule has 2 rings (SSSR count). The first kappa shape index (κ1) is 13.3. The Kier molecular flexibility index (Phi) is 4.22. The summed E-state index contributed by atoms with van der Waals surface area (Å²) >= 11 is 0. The molecular formula is C13H22N2O3. The molecule has 2 saturated heterocycles. The lowest BCUT2D eigenvalue weighted by molar-refractivity contribution is -0.154. The Morgan fingerprint density at radius 1 is 1.22 bits per heavy atom. The third kappa shape index (κ3) is 2.36. The zero-order valence-corrected chi connectivity index (χ0v) is 11.1. The van der Waals surface area contributed by atoms with Gasteiger partial charge in [-0.1, -0.05) is 13.8 Å². The average Bonchev–Trinajstić information content (AvgIpc) is 2.41. The van der Waals surface area contributed by atoms with Crippen LogP contribution in [-0.2, 0) is 14.3 Å². The standard InChI is InChI=1S/C13H22N2O3/c1-3-10-13(17)15(9-5-7-18-8-6-9)11(4-2)12(16)14-10/h9-11H,3-8H2,1-2H3,(H,14,16). The zero-order valence-electron chi connectivity index (χ0n) is 11.1. The first-order valence-corrected chi connectivity index (χ1v) is 6.89. The number of nitrogens with one attached hydrogen (secondary N) is 1. The summed E-state index contributed by atoms with van der Waals surface area (Å²) in [4.78, 5) is 26.3. The van der Waals surface area contributed by atoms with Crippen LogP contribution in [0.4, 0.5) is 0 Å². The second-order valence-corrected chi connectivity index (χ2v) is 4.98. The molecule has 0 aliphatic carbocycles. The van der Waals surface area contributed by atoms with Gasteiger partial charge < -0.3 is 15.0 Å². The number of hydrogen-bond donors (Lipinski definition) is 1. The number of hydrogen-bond acceptors (Lipinski definition) is 3. The molecule has 2 heterocycles. The number of carbonyl (C=O) groups excluding carboxylic acids is 2. The maximum atomic E-state index is 12.4. The number of piperazine rings is 1. The Morgan fingerprint density at radius 3 is 2.44 bits per heavy atom. The van der Waals surface area contributed by atoms with E-state index >= 15 is 0 Å². The lowest BCUT2D eigenvalue weighted by Gasteiger charge is -2.44. The van der Waals surface area contributed by atoms with Crippen LogP contribution in [0.15, 0.2) is 0 Å². The van der Waals surface area contributed by atoms with Gasteiger partial charge in [-0.25, -0.2) is 0 Å². The monoisotopic (exact) mass is 254 g/mol. The topological polar surface area (TPSA) is 58.6 Å². The highest BCUT2D eigenvalue weighted by molar-refractivity contribution is 5.97. The number of rotatable bonds is 3. The van der Waals surface area contributed by atoms with E-state index in [0.717, 1.165) is 12.8 Å². The van der Waals surface area contributed by atoms with Gasteiger partial charge in [0.15, 0.2) is 0 Å². The molecule has 2 amide bonds. The van der Waals surface area contributed by atoms with Gasteiger partial charge in [0, 0.05) is 19.3 Å². The summed E-state index contributed by atoms with van der Waals surface area (Å²) in [5.74, 6) is 0.0753. The molecule has 0 spiro atoms. The molecule has 1 N–H and O–H groups in total. The van der Waals surface area contributed by atoms with Crippen molar-refractivity contribution < 1.29 is 14.3 Å². The minimum Gasteiger partial charge on any atom is -0.381 e. The maximum absolute atomic E-state index is 12.4. The van der Waals surface area contributed by atoms with Crippen LogP contribution in [0.3, 0.4) is 0 Å². The van der Waals surface area contributed by atoms with Gasteiger partial charge in [-0.2, -0.15) is 0 Å². The predicted molar refractivity (Wildman–Crippen MR) is 67.0 cm³/mol. The summed E-state index contributed by atoms with van der Waals surface area (Å²) in [6.45, 7) is 5.25. The Labute approximate surface area is 108 Å². The van der Waals surface area contributed by atoms with E-state index in [2.05, 4.69) is 5.32 Å². The third-order valence-corrected chi connectivity index (χ3v) is 3.89. The summed E-state index contributed by atoms with van der Waals surface area (Å²) in [7, 11) is 0. The van der Waals surface area contributed by atoms with E-state index in [4.69, 9.17) is 4.74 Å². The molecule has 0 aromatic carbocycles. The lowest BCUT2D eigenvalue weighted by Crippen LogP contribution is -2.65. The van der Waals surface area contributed by atoms with Gasteiger partial charge in [-0.15, -0.1) is 0 Å². The minimum absolute atomic E-state index is 0.00422. The van der Waals surface area contributed by atoms with Gasteiger partial charge in [-0.05, 0) is 25.7 Å². The molecule has 5 nitrogen and oxygen atoms in total. The normalized spacial score (nSPS) is 30.4. The number of amides is 2. The quantitative estimate of drug-likeness (QED) is 0.806. The SMILES string of the molecule is CCC1NC(=O)C(CC)N(C2CCOCC2)C1=O. The van der Waals surface area contributed by atoms with Gasteiger partial charge in [-0.3, -0.25) is 9.59 Å². The van der Waals surface area contributed by atoms with Gasteiger partial charge in [0.1, 0.15) is 12.1 Å². The van der Waals surface area contributed by atoms with E-state index in [1.54, 1.807) is 0 Å². The minimum atomic E-state index is -0.344. The second kappa shape index (κ2) is 5.69. The molecule has 2 aliphatic heterocycles. The van der Waals surface area contributed by atoms with Crippen LogP contribution in [0, 0.1) is 0 Å². The van der Waals surface area contributed by atoms with Crippen molar-refractivity contribution in [3.63, 3.8) is 0 Å². The molecule has 0 aromatic heterocycles. The van der Waals surface area contributed by atoms with E-state index in [-0.39, 0.29) is 29.9 Å². The Bertz CT molecular complexity index is 326. The van der Waals surface area contributed by atoms with E-state index in [9.17, 15) is 9.59 Å². The van der Waals surface area contributed by atoms with Gasteiger partial charge in [0.05, 0.1) is 0 Å². The molecular weight excluding hydrogens is 232 g/mol. The van der Waals surface area contributed by atoms with Gasteiger partial charge in [0.2, 0.25) is 11.8 Å². The van der Waals surface area contributed by atoms with E-state index in [0.29, 0.717) is 26.1 Å². The van der Waals surface area contributed by atoms with Crippen molar-refractivity contribution in [2.24, 2.45) is 0 Å². The second-order valence-electron chi connectivity index (χ2n) is 4.98. The van der Waals surface area contributed by atoms with E-state index in [1.165, 1.54) is 0 Å². The van der Waals surface area contributed by atoms with Crippen LogP contribution < -0.4 is 5.32 Å². The lowest BCUT2D eigenvalue weighted by atomic mass is 9.97. The van der Waals surface area contributed by atoms with E-state index in [1.807, 2.05) is 18.7 Å². The molecule has 5 heteroatoms. The number of carbonyl (C=O) groups is 2. The third-order valence-electron chi connectivity index (χ3n) is 3.89. The summed E-state index contributed by atoms with van der Waals surface area (Å²) in [5, 5.41) is 2.82. The first-order valence-electron chi connectivity index (χ1n) is 6.89. The first-order chi connectivity index (χ1) is 8.69. The number of nitrogens with zero attached hydrogens (tertiary/aromatic N) is 1. The van der Waals surface area contributed by atoms with Crippen LogP contribution in [0.2, 0.25) is 0 Å². The molecule has 2 unspecified atom stereocenters. The van der Waals surface area contributed by atoms with Crippen molar-refractivity contribution in [1.29, 1.82) is 0 Å². The molecule has 2 fully saturated rings. The summed E-state index contributed by atoms with van der Waals surface area (Å²) in [5.41, 5.74) is 0. The van der Waals surface area contributed by atoms with Crippen LogP contribution in [0.25, 0.3) is 0 Å². The highest BCUT2D eigenvalue weighted by Gasteiger charge is 2.42. The van der Waals surface area contributed by atoms with Crippen molar-refractivity contribution in [1.82, 2.24) is 10.2 Å². The fourth-order valence-corrected chi connectivity index (χ4v) is 2.85. The predicted octanol–water partition coefficient (Wildman–Crippen LogP) is 0.681. The molecule has 0 radical (unpaired) electrons. The van der Waals surface area contributed by atoms with Crippen molar-refractivity contribution in [2.75, 3.05) is 13.2 Å². The van der Waals surface area contributed by atoms with Crippen LogP contribution in [0.5, 0.6) is 0 Å². The molecule has 0 saturated carbocycles. The highest BCUT2D eigenvalue weighted by atomic mass is 16.5. The Morgan fingerprint density at radius 2 is 1.89 bits per heavy atom. The zero-order chi connectivity index (χ0) is 13.1. The van der Waals surface area contributed by atoms with Gasteiger partial charge in [0.25, 0.3) is 0 Å². The molecule has 0 aromatic rings. The molecule has 18 heavy (non-hydrogen) atoms. The van der Waals surface area contributed by atoms with Crippen LogP contribution >= 0.6 is 0 Å². The van der Waals surface area contributed by atoms with Gasteiger partial charge >= 0.3 is 0 Å². The largest absolute Gasteiger partial charge is 0.381 e. The molecule has 2 aliphatic rings. The van der Waals surface area contributed by atoms with Crippen molar-refractivity contribution in [3.8, 4) is 0 Å². The summed E-state index contributed by atoms with van der Waals surface area (Å²) < 4.78 is 5.34. The highest BCUT2D eigenvalue weighted by Crippen LogP contribution is 2.23. The van der Waals surface area contributed by atoms with Crippen molar-refractivity contribution >= 4 is 11.8 Å². The fourth-order valence-electron chi connectivity index (χ4n) is 2.85. The van der Waals surface area contributed by atoms with Crippen molar-refractivity contribution in [3.05, 3.63) is 0 Å². The molecule has 102 valence electrons. The molecule has 2 atom stereocenters. The van der Waals surface area contributed by atoms with Crippen LogP contribution in [-0.4, -0.2) is 48.1 Å². The Balaban J connectivity index is 2.19. The smallest absolute Gasteiger partial charge is 0.246 e. The van der Waals surface area contributed by atoms with E-state index < -0.39 is 0 Å². The summed E-state index contributed by atoms with van der Waals surface area (Å²) in [6.07, 6.45) is 3.00. The molecule has 0 bridgehead atoms. The summed E-state index contributed by atoms with van der Waals surface area (Å²) in [6, 6.07) is -0.483. The fraction of sp³-hybridized carbons (Fsp3) is 0.846. The average molecular weight is 254 g/mol. The van der Waals surface area contributed by atoms with Crippen LogP contribution in [0.1, 0.15) is 39.5 Å². The van der Waals surface area contributed by atoms with Crippen molar-refractivity contribution in [2.45, 2.75) is 57.7 Å².